The minimum atomic E-state index is 0.205. The van der Waals surface area contributed by atoms with E-state index in [1.807, 2.05) is 12.1 Å². The molecular formula is C23H36N4O3. The van der Waals surface area contributed by atoms with Gasteiger partial charge in [-0.15, -0.1) is 0 Å². The van der Waals surface area contributed by atoms with Gasteiger partial charge in [-0.25, -0.2) is 0 Å². The molecule has 0 spiro atoms. The highest BCUT2D eigenvalue weighted by Gasteiger charge is 2.24. The number of carbonyl (C=O) groups is 1. The smallest absolute Gasteiger partial charge is 0.223 e. The molecule has 1 aromatic carbocycles. The third kappa shape index (κ3) is 6.28. The van der Waals surface area contributed by atoms with Crippen LogP contribution in [0.25, 0.3) is 0 Å². The first-order valence-corrected chi connectivity index (χ1v) is 11.3. The maximum atomic E-state index is 11.9. The van der Waals surface area contributed by atoms with E-state index >= 15 is 0 Å². The molecule has 2 aliphatic rings. The summed E-state index contributed by atoms with van der Waals surface area (Å²) in [6.45, 7) is 2.03. The van der Waals surface area contributed by atoms with Crippen LogP contribution >= 0.6 is 0 Å². The molecule has 0 atom stereocenters. The van der Waals surface area contributed by atoms with E-state index in [9.17, 15) is 4.79 Å². The Hall–Kier alpha value is -2.44. The second-order valence-corrected chi connectivity index (χ2v) is 8.10. The number of amides is 1. The highest BCUT2D eigenvalue weighted by Crippen LogP contribution is 2.34. The molecule has 0 unspecified atom stereocenters. The zero-order chi connectivity index (χ0) is 21.2. The number of para-hydroxylation sites is 1. The number of nitrogens with one attached hydrogen (secondary N) is 3. The Bertz CT molecular complexity index is 712. The Labute approximate surface area is 180 Å². The van der Waals surface area contributed by atoms with Gasteiger partial charge in [-0.2, -0.15) is 0 Å². The van der Waals surface area contributed by atoms with Gasteiger partial charge < -0.3 is 25.4 Å². The molecule has 0 bridgehead atoms. The standard InChI is InChI=1S/C23H36N4O3/c1-24-23(26-15-7-14-25-22(28)17-8-5-9-17)27-16-18-10-6-13-20(29-2)21(18)30-19-11-3-4-12-19/h6,10,13,17,19H,3-5,7-9,11-12,14-16H2,1-2H3,(H,25,28)(H2,24,26,27). The Morgan fingerprint density at radius 3 is 2.50 bits per heavy atom. The predicted molar refractivity (Wildman–Crippen MR) is 119 cm³/mol. The van der Waals surface area contributed by atoms with Crippen LogP contribution in [0.3, 0.4) is 0 Å². The van der Waals surface area contributed by atoms with Crippen molar-refractivity contribution in [2.45, 2.75) is 64.0 Å². The van der Waals surface area contributed by atoms with E-state index in [1.165, 1.54) is 19.3 Å². The number of guanidine groups is 1. The van der Waals surface area contributed by atoms with Crippen molar-refractivity contribution in [2.24, 2.45) is 10.9 Å². The number of hydrogen-bond acceptors (Lipinski definition) is 4. The molecule has 166 valence electrons. The lowest BCUT2D eigenvalue weighted by molar-refractivity contribution is -0.127. The average Bonchev–Trinajstić information content (AvgIpc) is 3.22. The van der Waals surface area contributed by atoms with Crippen LogP contribution in [0.1, 0.15) is 56.9 Å². The van der Waals surface area contributed by atoms with Gasteiger partial charge in [0.2, 0.25) is 5.91 Å². The SMILES string of the molecule is CN=C(NCCCNC(=O)C1CCC1)NCc1cccc(OC)c1OC1CCCC1. The molecule has 2 aliphatic carbocycles. The van der Waals surface area contributed by atoms with Crippen molar-refractivity contribution in [3.05, 3.63) is 23.8 Å². The third-order valence-corrected chi connectivity index (χ3v) is 5.96. The van der Waals surface area contributed by atoms with Gasteiger partial charge in [0, 0.05) is 38.2 Å². The van der Waals surface area contributed by atoms with Gasteiger partial charge >= 0.3 is 0 Å². The van der Waals surface area contributed by atoms with E-state index in [1.54, 1.807) is 14.2 Å². The van der Waals surface area contributed by atoms with Crippen LogP contribution in [0.5, 0.6) is 11.5 Å². The minimum Gasteiger partial charge on any atom is -0.493 e. The Balaban J connectivity index is 1.44. The van der Waals surface area contributed by atoms with Gasteiger partial charge in [-0.05, 0) is 51.0 Å². The molecule has 0 saturated heterocycles. The topological polar surface area (TPSA) is 84.0 Å². The van der Waals surface area contributed by atoms with E-state index in [4.69, 9.17) is 9.47 Å². The van der Waals surface area contributed by atoms with Crippen molar-refractivity contribution >= 4 is 11.9 Å². The quantitative estimate of drug-likeness (QED) is 0.310. The highest BCUT2D eigenvalue weighted by atomic mass is 16.5. The van der Waals surface area contributed by atoms with Crippen LogP contribution in [-0.2, 0) is 11.3 Å². The zero-order valence-electron chi connectivity index (χ0n) is 18.3. The number of nitrogens with zero attached hydrogens (tertiary/aromatic N) is 1. The molecule has 7 nitrogen and oxygen atoms in total. The zero-order valence-corrected chi connectivity index (χ0v) is 18.3. The fraction of sp³-hybridized carbons (Fsp3) is 0.652. The van der Waals surface area contributed by atoms with E-state index in [-0.39, 0.29) is 17.9 Å². The van der Waals surface area contributed by atoms with Gasteiger partial charge in [-0.3, -0.25) is 9.79 Å². The summed E-state index contributed by atoms with van der Waals surface area (Å²) < 4.78 is 11.8. The molecule has 2 saturated carbocycles. The number of benzene rings is 1. The van der Waals surface area contributed by atoms with Gasteiger partial charge in [0.15, 0.2) is 17.5 Å². The maximum absolute atomic E-state index is 11.9. The van der Waals surface area contributed by atoms with Crippen molar-refractivity contribution in [3.63, 3.8) is 0 Å². The molecule has 2 fully saturated rings. The number of carbonyl (C=O) groups excluding carboxylic acids is 1. The molecule has 0 aliphatic heterocycles. The summed E-state index contributed by atoms with van der Waals surface area (Å²) in [4.78, 5) is 16.2. The Morgan fingerprint density at radius 2 is 1.83 bits per heavy atom. The highest BCUT2D eigenvalue weighted by molar-refractivity contribution is 5.80. The molecule has 1 amide bonds. The van der Waals surface area contributed by atoms with Crippen molar-refractivity contribution in [1.82, 2.24) is 16.0 Å². The Morgan fingerprint density at radius 1 is 1.07 bits per heavy atom. The fourth-order valence-corrected chi connectivity index (χ4v) is 3.89. The number of ether oxygens (including phenoxy) is 2. The van der Waals surface area contributed by atoms with Crippen molar-refractivity contribution < 1.29 is 14.3 Å². The molecule has 3 N–H and O–H groups in total. The molecular weight excluding hydrogens is 380 g/mol. The van der Waals surface area contributed by atoms with Crippen LogP contribution in [0.4, 0.5) is 0 Å². The third-order valence-electron chi connectivity index (χ3n) is 5.96. The van der Waals surface area contributed by atoms with Crippen LogP contribution in [-0.4, -0.2) is 45.2 Å². The van der Waals surface area contributed by atoms with Crippen LogP contribution < -0.4 is 25.4 Å². The van der Waals surface area contributed by atoms with E-state index in [0.717, 1.165) is 61.7 Å². The fourth-order valence-electron chi connectivity index (χ4n) is 3.89. The van der Waals surface area contributed by atoms with Crippen molar-refractivity contribution in [1.29, 1.82) is 0 Å². The van der Waals surface area contributed by atoms with E-state index < -0.39 is 0 Å². The molecule has 0 aromatic heterocycles. The van der Waals surface area contributed by atoms with Gasteiger partial charge in [0.05, 0.1) is 13.2 Å². The second kappa shape index (κ2) is 11.7. The predicted octanol–water partition coefficient (Wildman–Crippen LogP) is 2.99. The van der Waals surface area contributed by atoms with E-state index in [2.05, 4.69) is 27.0 Å². The number of methoxy groups -OCH3 is 1. The second-order valence-electron chi connectivity index (χ2n) is 8.10. The average molecular weight is 417 g/mol. The number of hydrogen-bond donors (Lipinski definition) is 3. The van der Waals surface area contributed by atoms with Crippen LogP contribution in [0, 0.1) is 5.92 Å². The molecule has 7 heteroatoms. The van der Waals surface area contributed by atoms with Crippen LogP contribution in [0.2, 0.25) is 0 Å². The van der Waals surface area contributed by atoms with E-state index in [0.29, 0.717) is 13.1 Å². The molecule has 0 heterocycles. The van der Waals surface area contributed by atoms with Crippen LogP contribution in [0.15, 0.2) is 23.2 Å². The molecule has 1 aromatic rings. The monoisotopic (exact) mass is 416 g/mol. The van der Waals surface area contributed by atoms with Gasteiger partial charge in [0.1, 0.15) is 0 Å². The summed E-state index contributed by atoms with van der Waals surface area (Å²) in [7, 11) is 3.44. The molecule has 3 rings (SSSR count). The summed E-state index contributed by atoms with van der Waals surface area (Å²) in [6.07, 6.45) is 9.05. The molecule has 30 heavy (non-hydrogen) atoms. The minimum absolute atomic E-state index is 0.205. The summed E-state index contributed by atoms with van der Waals surface area (Å²) in [5.74, 6) is 2.78. The lowest BCUT2D eigenvalue weighted by Crippen LogP contribution is -2.39. The maximum Gasteiger partial charge on any atom is 0.223 e. The lowest BCUT2D eigenvalue weighted by atomic mass is 9.85. The first kappa shape index (κ1) is 22.2. The summed E-state index contributed by atoms with van der Waals surface area (Å²) in [5, 5.41) is 9.68. The first-order chi connectivity index (χ1) is 14.7. The summed E-state index contributed by atoms with van der Waals surface area (Å²) in [5.41, 5.74) is 1.05. The number of aliphatic imine (C=N–C) groups is 1. The largest absolute Gasteiger partial charge is 0.493 e. The number of rotatable bonds is 10. The normalized spacial score (nSPS) is 17.3. The lowest BCUT2D eigenvalue weighted by Gasteiger charge is -2.24. The van der Waals surface area contributed by atoms with Crippen molar-refractivity contribution in [3.8, 4) is 11.5 Å². The summed E-state index contributed by atoms with van der Waals surface area (Å²) >= 11 is 0. The first-order valence-electron chi connectivity index (χ1n) is 11.3. The van der Waals surface area contributed by atoms with Gasteiger partial charge in [0.25, 0.3) is 0 Å². The van der Waals surface area contributed by atoms with Gasteiger partial charge in [-0.1, -0.05) is 18.6 Å². The molecule has 0 radical (unpaired) electrons. The van der Waals surface area contributed by atoms with Crippen molar-refractivity contribution in [2.75, 3.05) is 27.2 Å². The summed E-state index contributed by atoms with van der Waals surface area (Å²) in [6, 6.07) is 5.99. The Kier molecular flexibility index (Phi) is 8.66.